The van der Waals surface area contributed by atoms with E-state index in [0.29, 0.717) is 12.6 Å². The van der Waals surface area contributed by atoms with E-state index in [1.54, 1.807) is 0 Å². The van der Waals surface area contributed by atoms with E-state index in [1.165, 1.54) is 5.56 Å². The number of nitrogens with two attached hydrogens (primary N) is 1. The Kier molecular flexibility index (Phi) is 3.36. The van der Waals surface area contributed by atoms with Crippen LogP contribution in [0.2, 0.25) is 0 Å². The summed E-state index contributed by atoms with van der Waals surface area (Å²) in [6, 6.07) is 10.7. The molecular weight excluding hydrogens is 188 g/mol. The van der Waals surface area contributed by atoms with Crippen LogP contribution in [0.15, 0.2) is 30.3 Å². The molecule has 1 heterocycles. The van der Waals surface area contributed by atoms with Crippen molar-refractivity contribution in [1.29, 1.82) is 0 Å². The number of nitrogens with zero attached hydrogens (tertiary/aromatic N) is 1. The van der Waals surface area contributed by atoms with E-state index in [1.807, 2.05) is 6.07 Å². The van der Waals surface area contributed by atoms with Gasteiger partial charge in [0.15, 0.2) is 0 Å². The Balaban J connectivity index is 2.23. The summed E-state index contributed by atoms with van der Waals surface area (Å²) >= 11 is 0. The minimum absolute atomic E-state index is 0.117. The van der Waals surface area contributed by atoms with Crippen molar-refractivity contribution < 1.29 is 4.74 Å². The van der Waals surface area contributed by atoms with E-state index in [-0.39, 0.29) is 6.10 Å². The molecular formula is C12H18N2O. The van der Waals surface area contributed by atoms with Crippen molar-refractivity contribution in [1.82, 2.24) is 4.90 Å². The highest BCUT2D eigenvalue weighted by molar-refractivity contribution is 5.20. The van der Waals surface area contributed by atoms with Gasteiger partial charge in [-0.2, -0.15) is 0 Å². The Hall–Kier alpha value is -0.900. The summed E-state index contributed by atoms with van der Waals surface area (Å²) in [7, 11) is 2.13. The molecule has 82 valence electrons. The Morgan fingerprint density at radius 1 is 1.40 bits per heavy atom. The van der Waals surface area contributed by atoms with Gasteiger partial charge in [-0.05, 0) is 12.6 Å². The zero-order valence-electron chi connectivity index (χ0n) is 9.10. The van der Waals surface area contributed by atoms with Crippen molar-refractivity contribution in [3.8, 4) is 0 Å². The topological polar surface area (TPSA) is 38.5 Å². The van der Waals surface area contributed by atoms with Gasteiger partial charge in [0.1, 0.15) is 0 Å². The van der Waals surface area contributed by atoms with E-state index in [4.69, 9.17) is 10.5 Å². The fraction of sp³-hybridized carbons (Fsp3) is 0.500. The minimum atomic E-state index is 0.117. The van der Waals surface area contributed by atoms with Crippen molar-refractivity contribution >= 4 is 0 Å². The van der Waals surface area contributed by atoms with Gasteiger partial charge in [0.2, 0.25) is 0 Å². The lowest BCUT2D eigenvalue weighted by molar-refractivity contribution is -0.0576. The normalized spacial score (nSPS) is 27.9. The van der Waals surface area contributed by atoms with Crippen LogP contribution in [0.1, 0.15) is 11.6 Å². The maximum absolute atomic E-state index is 5.74. The number of hydrogen-bond donors (Lipinski definition) is 1. The summed E-state index contributed by atoms with van der Waals surface area (Å²) in [4.78, 5) is 2.32. The van der Waals surface area contributed by atoms with Crippen molar-refractivity contribution in [3.05, 3.63) is 35.9 Å². The average molecular weight is 206 g/mol. The molecule has 1 fully saturated rings. The monoisotopic (exact) mass is 206 g/mol. The predicted octanol–water partition coefficient (Wildman–Crippen LogP) is 1.02. The molecule has 0 radical (unpaired) electrons. The van der Waals surface area contributed by atoms with Crippen molar-refractivity contribution in [2.75, 3.05) is 26.7 Å². The smallest absolute Gasteiger partial charge is 0.0894 e. The molecule has 1 aromatic carbocycles. The maximum atomic E-state index is 5.74. The number of likely N-dealkylation sites (N-methyl/N-ethyl adjacent to an activating group) is 1. The summed E-state index contributed by atoms with van der Waals surface area (Å²) in [5.41, 5.74) is 7.03. The SMILES string of the molecule is CN1CCO[C@H](CN)[C@@H]1c1ccccc1. The van der Waals surface area contributed by atoms with Crippen LogP contribution in [-0.4, -0.2) is 37.7 Å². The van der Waals surface area contributed by atoms with Gasteiger partial charge in [-0.3, -0.25) is 4.90 Å². The molecule has 1 aliphatic heterocycles. The van der Waals surface area contributed by atoms with E-state index in [9.17, 15) is 0 Å². The molecule has 2 rings (SSSR count). The molecule has 15 heavy (non-hydrogen) atoms. The second-order valence-corrected chi connectivity index (χ2v) is 3.98. The Bertz CT molecular complexity index is 302. The van der Waals surface area contributed by atoms with Crippen LogP contribution in [0.25, 0.3) is 0 Å². The second-order valence-electron chi connectivity index (χ2n) is 3.98. The van der Waals surface area contributed by atoms with Gasteiger partial charge >= 0.3 is 0 Å². The number of benzene rings is 1. The summed E-state index contributed by atoms with van der Waals surface area (Å²) in [6.45, 7) is 2.32. The summed E-state index contributed by atoms with van der Waals surface area (Å²) in [5.74, 6) is 0. The van der Waals surface area contributed by atoms with Crippen molar-refractivity contribution in [2.24, 2.45) is 5.73 Å². The molecule has 3 nitrogen and oxygen atoms in total. The second kappa shape index (κ2) is 4.75. The first kappa shape index (κ1) is 10.6. The first-order valence-corrected chi connectivity index (χ1v) is 5.40. The highest BCUT2D eigenvalue weighted by atomic mass is 16.5. The molecule has 3 heteroatoms. The molecule has 0 spiro atoms. The molecule has 0 bridgehead atoms. The Morgan fingerprint density at radius 3 is 2.80 bits per heavy atom. The molecule has 0 saturated carbocycles. The zero-order chi connectivity index (χ0) is 10.7. The lowest BCUT2D eigenvalue weighted by Crippen LogP contribution is -2.46. The summed E-state index contributed by atoms with van der Waals surface area (Å²) in [5, 5.41) is 0. The van der Waals surface area contributed by atoms with Crippen molar-refractivity contribution in [2.45, 2.75) is 12.1 Å². The number of ether oxygens (including phenoxy) is 1. The Labute approximate surface area is 90.8 Å². The van der Waals surface area contributed by atoms with Gasteiger partial charge in [0.25, 0.3) is 0 Å². The van der Waals surface area contributed by atoms with Gasteiger partial charge in [0.05, 0.1) is 18.8 Å². The van der Waals surface area contributed by atoms with E-state index < -0.39 is 0 Å². The largest absolute Gasteiger partial charge is 0.374 e. The molecule has 0 aromatic heterocycles. The standard InChI is InChI=1S/C12H18N2O/c1-14-7-8-15-11(9-13)12(14)10-5-3-2-4-6-10/h2-6,11-12H,7-9,13H2,1H3/t11-,12+/m1/s1. The van der Waals surface area contributed by atoms with E-state index in [0.717, 1.165) is 13.2 Å². The van der Waals surface area contributed by atoms with E-state index in [2.05, 4.69) is 36.2 Å². The van der Waals surface area contributed by atoms with Gasteiger partial charge in [-0.15, -0.1) is 0 Å². The highest BCUT2D eigenvalue weighted by Gasteiger charge is 2.29. The van der Waals surface area contributed by atoms with Crippen LogP contribution in [0.3, 0.4) is 0 Å². The van der Waals surface area contributed by atoms with Crippen LogP contribution >= 0.6 is 0 Å². The van der Waals surface area contributed by atoms with Gasteiger partial charge in [-0.1, -0.05) is 30.3 Å². The molecule has 2 N–H and O–H groups in total. The quantitative estimate of drug-likeness (QED) is 0.785. The highest BCUT2D eigenvalue weighted by Crippen LogP contribution is 2.27. The fourth-order valence-electron chi connectivity index (χ4n) is 2.18. The number of hydrogen-bond acceptors (Lipinski definition) is 3. The predicted molar refractivity (Wildman–Crippen MR) is 60.6 cm³/mol. The molecule has 0 unspecified atom stereocenters. The van der Waals surface area contributed by atoms with Crippen LogP contribution < -0.4 is 5.73 Å². The van der Waals surface area contributed by atoms with Crippen LogP contribution in [-0.2, 0) is 4.74 Å². The lowest BCUT2D eigenvalue weighted by atomic mass is 9.99. The molecule has 0 amide bonds. The third-order valence-corrected chi connectivity index (χ3v) is 2.98. The first-order valence-electron chi connectivity index (χ1n) is 5.40. The third kappa shape index (κ3) is 2.20. The van der Waals surface area contributed by atoms with Gasteiger partial charge < -0.3 is 10.5 Å². The lowest BCUT2D eigenvalue weighted by Gasteiger charge is -2.38. The van der Waals surface area contributed by atoms with Gasteiger partial charge in [0, 0.05) is 13.1 Å². The van der Waals surface area contributed by atoms with Crippen LogP contribution in [0, 0.1) is 0 Å². The summed E-state index contributed by atoms with van der Waals surface area (Å²) in [6.07, 6.45) is 0.117. The third-order valence-electron chi connectivity index (χ3n) is 2.98. The van der Waals surface area contributed by atoms with Crippen LogP contribution in [0.5, 0.6) is 0 Å². The summed E-state index contributed by atoms with van der Waals surface area (Å²) < 4.78 is 5.70. The van der Waals surface area contributed by atoms with E-state index >= 15 is 0 Å². The zero-order valence-corrected chi connectivity index (χ0v) is 9.10. The van der Waals surface area contributed by atoms with Crippen molar-refractivity contribution in [3.63, 3.8) is 0 Å². The molecule has 2 atom stereocenters. The molecule has 1 aliphatic rings. The number of rotatable bonds is 2. The molecule has 1 aromatic rings. The minimum Gasteiger partial charge on any atom is -0.374 e. The fourth-order valence-corrected chi connectivity index (χ4v) is 2.18. The maximum Gasteiger partial charge on any atom is 0.0894 e. The first-order chi connectivity index (χ1) is 7.33. The average Bonchev–Trinajstić information content (AvgIpc) is 2.29. The molecule has 1 saturated heterocycles. The van der Waals surface area contributed by atoms with Crippen LogP contribution in [0.4, 0.5) is 0 Å². The van der Waals surface area contributed by atoms with Gasteiger partial charge in [-0.25, -0.2) is 0 Å². The molecule has 0 aliphatic carbocycles. The Morgan fingerprint density at radius 2 is 2.13 bits per heavy atom. The number of morpholine rings is 1.